The molecule has 5 aromatic rings. The molecule has 5 rings (SSSR count). The quantitative estimate of drug-likeness (QED) is 0.117. The number of sulfonamides is 1. The number of anilines is 2. The van der Waals surface area contributed by atoms with E-state index in [2.05, 4.69) is 10.6 Å². The van der Waals surface area contributed by atoms with Crippen molar-refractivity contribution in [3.8, 4) is 11.1 Å². The molecule has 0 aromatic heterocycles. The molecule has 0 saturated carbocycles. The Hall–Kier alpha value is -4.97. The van der Waals surface area contributed by atoms with Gasteiger partial charge in [-0.05, 0) is 90.0 Å². The van der Waals surface area contributed by atoms with Crippen molar-refractivity contribution in [3.63, 3.8) is 0 Å². The Kier molecular flexibility index (Phi) is 11.6. The summed E-state index contributed by atoms with van der Waals surface area (Å²) in [5.41, 5.74) is 4.68. The van der Waals surface area contributed by atoms with Gasteiger partial charge in [0.05, 0.1) is 35.3 Å². The maximum atomic E-state index is 14.2. The highest BCUT2D eigenvalue weighted by molar-refractivity contribution is 7.92. The lowest BCUT2D eigenvalue weighted by Gasteiger charge is -2.26. The fourth-order valence-corrected chi connectivity index (χ4v) is 7.13. The number of nitrogens with one attached hydrogen (secondary N) is 2. The molecule has 51 heavy (non-hydrogen) atoms. The zero-order valence-electron chi connectivity index (χ0n) is 28.5. The normalized spacial score (nSPS) is 13.0. The molecular weight excluding hydrogens is 676 g/mol. The first kappa shape index (κ1) is 37.3. The van der Waals surface area contributed by atoms with E-state index in [1.165, 1.54) is 16.4 Å². The third-order valence-corrected chi connectivity index (χ3v) is 9.61. The third kappa shape index (κ3) is 9.63. The molecule has 0 fully saturated rings. The van der Waals surface area contributed by atoms with E-state index in [1.807, 2.05) is 62.4 Å². The van der Waals surface area contributed by atoms with E-state index in [-0.39, 0.29) is 30.8 Å². The van der Waals surface area contributed by atoms with Crippen molar-refractivity contribution in [1.82, 2.24) is 10.6 Å². The van der Waals surface area contributed by atoms with Crippen LogP contribution >= 0.6 is 0 Å². The first-order valence-electron chi connectivity index (χ1n) is 16.4. The van der Waals surface area contributed by atoms with Gasteiger partial charge in [-0.25, -0.2) is 12.7 Å². The summed E-state index contributed by atoms with van der Waals surface area (Å²) in [6.07, 6.45) is -4.26. The number of aryl methyl sites for hydroxylation is 2. The summed E-state index contributed by atoms with van der Waals surface area (Å²) in [5.74, 6) is -0.538. The minimum absolute atomic E-state index is 0.0302. The number of rotatable bonds is 13. The molecule has 1 amide bonds. The van der Waals surface area contributed by atoms with Gasteiger partial charge in [-0.1, -0.05) is 84.9 Å². The number of para-hydroxylation sites is 1. The molecule has 0 spiro atoms. The Morgan fingerprint density at radius 2 is 1.39 bits per heavy atom. The Morgan fingerprint density at radius 1 is 0.784 bits per heavy atom. The standard InChI is InChI=1S/C40H40F3N3O4S/c1-27-12-10-13-28(2)38(27)31-22-32(24-35(23-31)46(51(3,49)50)34-18-8-5-9-19-34)39(48)45-36(21-29-14-6-4-7-15-29)37(47)26-44-25-30-16-11-17-33(20-30)40(41,42)43/h4-20,22-24,36-37,44,47H,21,25-26H2,1-3H3,(H,45,48)/t36-,37+/m0/s1. The van der Waals surface area contributed by atoms with E-state index >= 15 is 0 Å². The zero-order chi connectivity index (χ0) is 36.8. The number of amides is 1. The number of nitrogens with zero attached hydrogens (tertiary/aromatic N) is 1. The number of aliphatic hydroxyl groups excluding tert-OH is 1. The van der Waals surface area contributed by atoms with Crippen molar-refractivity contribution >= 4 is 27.3 Å². The Balaban J connectivity index is 1.48. The van der Waals surface area contributed by atoms with Crippen LogP contribution in [0.25, 0.3) is 11.1 Å². The number of carbonyl (C=O) groups excluding carboxylic acids is 1. The van der Waals surface area contributed by atoms with Gasteiger partial charge in [-0.3, -0.25) is 4.79 Å². The molecule has 3 N–H and O–H groups in total. The molecule has 0 saturated heterocycles. The van der Waals surface area contributed by atoms with Crippen LogP contribution in [0.4, 0.5) is 24.5 Å². The summed E-state index contributed by atoms with van der Waals surface area (Å²) >= 11 is 0. The highest BCUT2D eigenvalue weighted by Gasteiger charge is 2.30. The minimum Gasteiger partial charge on any atom is -0.390 e. The SMILES string of the molecule is Cc1cccc(C)c1-c1cc(C(=O)N[C@@H](Cc2ccccc2)[C@H](O)CNCc2cccc(C(F)(F)F)c2)cc(N(c2ccccc2)S(C)(=O)=O)c1. The Labute approximate surface area is 296 Å². The molecule has 0 aliphatic rings. The number of hydrogen-bond donors (Lipinski definition) is 3. The predicted molar refractivity (Wildman–Crippen MR) is 195 cm³/mol. The van der Waals surface area contributed by atoms with Gasteiger partial charge in [0.15, 0.2) is 0 Å². The molecule has 5 aromatic carbocycles. The second-order valence-corrected chi connectivity index (χ2v) is 14.4. The zero-order valence-corrected chi connectivity index (χ0v) is 29.3. The van der Waals surface area contributed by atoms with Gasteiger partial charge in [-0.15, -0.1) is 0 Å². The van der Waals surface area contributed by atoms with E-state index in [1.54, 1.807) is 48.5 Å². The van der Waals surface area contributed by atoms with E-state index in [0.29, 0.717) is 16.8 Å². The van der Waals surface area contributed by atoms with Gasteiger partial charge >= 0.3 is 6.18 Å². The number of aliphatic hydroxyl groups is 1. The van der Waals surface area contributed by atoms with Gasteiger partial charge < -0.3 is 15.7 Å². The Morgan fingerprint density at radius 3 is 2.02 bits per heavy atom. The lowest BCUT2D eigenvalue weighted by atomic mass is 9.93. The van der Waals surface area contributed by atoms with Crippen molar-refractivity contribution in [3.05, 3.63) is 155 Å². The van der Waals surface area contributed by atoms with Crippen LogP contribution in [0.2, 0.25) is 0 Å². The molecule has 0 unspecified atom stereocenters. The first-order chi connectivity index (χ1) is 24.2. The molecule has 266 valence electrons. The maximum Gasteiger partial charge on any atom is 0.416 e. The second-order valence-electron chi connectivity index (χ2n) is 12.6. The fourth-order valence-electron chi connectivity index (χ4n) is 6.14. The van der Waals surface area contributed by atoms with E-state index in [9.17, 15) is 31.5 Å². The average molecular weight is 716 g/mol. The predicted octanol–water partition coefficient (Wildman–Crippen LogP) is 7.58. The number of carbonyl (C=O) groups is 1. The lowest BCUT2D eigenvalue weighted by molar-refractivity contribution is -0.137. The molecule has 0 radical (unpaired) electrons. The Bertz CT molecular complexity index is 2050. The molecule has 0 aliphatic heterocycles. The van der Waals surface area contributed by atoms with E-state index < -0.39 is 39.8 Å². The van der Waals surface area contributed by atoms with E-state index in [4.69, 9.17) is 0 Å². The highest BCUT2D eigenvalue weighted by atomic mass is 32.2. The van der Waals surface area contributed by atoms with Crippen molar-refractivity contribution in [2.45, 2.75) is 45.1 Å². The second kappa shape index (κ2) is 15.9. The summed E-state index contributed by atoms with van der Waals surface area (Å²) < 4.78 is 67.4. The molecule has 0 aliphatic carbocycles. The number of alkyl halides is 3. The smallest absolute Gasteiger partial charge is 0.390 e. The van der Waals surface area contributed by atoms with Crippen LogP contribution in [-0.2, 0) is 29.2 Å². The average Bonchev–Trinajstić information content (AvgIpc) is 3.08. The molecule has 0 heterocycles. The van der Waals surface area contributed by atoms with Crippen LogP contribution in [0.1, 0.15) is 38.2 Å². The monoisotopic (exact) mass is 715 g/mol. The number of hydrogen-bond acceptors (Lipinski definition) is 5. The largest absolute Gasteiger partial charge is 0.416 e. The molecule has 2 atom stereocenters. The minimum atomic E-state index is -4.48. The summed E-state index contributed by atoms with van der Waals surface area (Å²) in [5, 5.41) is 17.4. The van der Waals surface area contributed by atoms with Crippen LogP contribution in [0.5, 0.6) is 0 Å². The molecule has 11 heteroatoms. The van der Waals surface area contributed by atoms with Crippen molar-refractivity contribution in [2.24, 2.45) is 0 Å². The van der Waals surface area contributed by atoms with Gasteiger partial charge in [0.2, 0.25) is 10.0 Å². The van der Waals surface area contributed by atoms with Crippen LogP contribution in [-0.4, -0.2) is 44.4 Å². The molecule has 7 nitrogen and oxygen atoms in total. The van der Waals surface area contributed by atoms with Crippen LogP contribution in [0.3, 0.4) is 0 Å². The van der Waals surface area contributed by atoms with Crippen molar-refractivity contribution in [2.75, 3.05) is 17.1 Å². The van der Waals surface area contributed by atoms with Crippen molar-refractivity contribution < 1.29 is 31.5 Å². The molecule has 0 bridgehead atoms. The van der Waals surface area contributed by atoms with Crippen LogP contribution < -0.4 is 14.9 Å². The fraction of sp³-hybridized carbons (Fsp3) is 0.225. The molecular formula is C40H40F3N3O4S. The van der Waals surface area contributed by atoms with Gasteiger partial charge in [0, 0.05) is 18.7 Å². The summed E-state index contributed by atoms with van der Waals surface area (Å²) in [4.78, 5) is 14.2. The lowest BCUT2D eigenvalue weighted by Crippen LogP contribution is -2.48. The summed E-state index contributed by atoms with van der Waals surface area (Å²) in [6, 6.07) is 32.8. The first-order valence-corrected chi connectivity index (χ1v) is 18.2. The topological polar surface area (TPSA) is 98.7 Å². The van der Waals surface area contributed by atoms with Crippen LogP contribution in [0, 0.1) is 13.8 Å². The highest BCUT2D eigenvalue weighted by Crippen LogP contribution is 2.36. The van der Waals surface area contributed by atoms with Crippen molar-refractivity contribution in [1.29, 1.82) is 0 Å². The van der Waals surface area contributed by atoms with Gasteiger partial charge in [0.1, 0.15) is 0 Å². The van der Waals surface area contributed by atoms with Crippen LogP contribution in [0.15, 0.2) is 121 Å². The maximum absolute atomic E-state index is 14.2. The summed E-state index contributed by atoms with van der Waals surface area (Å²) in [7, 11) is -3.86. The third-order valence-electron chi connectivity index (χ3n) is 8.52. The van der Waals surface area contributed by atoms with E-state index in [0.717, 1.165) is 40.6 Å². The summed E-state index contributed by atoms with van der Waals surface area (Å²) in [6.45, 7) is 3.92. The number of benzene rings is 5. The van der Waals surface area contributed by atoms with Gasteiger partial charge in [0.25, 0.3) is 5.91 Å². The van der Waals surface area contributed by atoms with Gasteiger partial charge in [-0.2, -0.15) is 13.2 Å². The number of halogens is 3.